The summed E-state index contributed by atoms with van der Waals surface area (Å²) in [5, 5.41) is 0. The van der Waals surface area contributed by atoms with E-state index in [4.69, 9.17) is 0 Å². The van der Waals surface area contributed by atoms with E-state index < -0.39 is 11.9 Å². The van der Waals surface area contributed by atoms with Crippen molar-refractivity contribution in [2.75, 3.05) is 0 Å². The highest BCUT2D eigenvalue weighted by Gasteiger charge is 2.33. The third-order valence-electron chi connectivity index (χ3n) is 2.00. The smallest absolute Gasteiger partial charge is 0.293 e. The van der Waals surface area contributed by atoms with Gasteiger partial charge in [-0.05, 0) is 19.1 Å². The maximum absolute atomic E-state index is 12.5. The van der Waals surface area contributed by atoms with Gasteiger partial charge in [-0.15, -0.1) is 0 Å². The van der Waals surface area contributed by atoms with Crippen molar-refractivity contribution in [3.05, 3.63) is 35.8 Å². The summed E-state index contributed by atoms with van der Waals surface area (Å²) in [5.41, 5.74) is 0.107. The lowest BCUT2D eigenvalue weighted by molar-refractivity contribution is -0.142. The zero-order chi connectivity index (χ0) is 12.3. The number of hydrogen-bond acceptors (Lipinski definition) is 1. The topological polar surface area (TPSA) is 17.3 Å². The van der Waals surface area contributed by atoms with Crippen molar-refractivity contribution in [3.63, 3.8) is 0 Å². The molecule has 0 spiro atoms. The highest BCUT2D eigenvalue weighted by molar-refractivity contribution is 5.42. The molecule has 2 aromatic heterocycles. The van der Waals surface area contributed by atoms with Crippen molar-refractivity contribution in [2.45, 2.75) is 26.9 Å². The summed E-state index contributed by atoms with van der Waals surface area (Å²) < 4.78 is 38.7. The minimum atomic E-state index is -4.34. The lowest BCUT2D eigenvalue weighted by atomic mass is 10.3. The Bertz CT molecular complexity index is 472. The van der Waals surface area contributed by atoms with Crippen LogP contribution in [0.25, 0.3) is 5.65 Å². The van der Waals surface area contributed by atoms with Gasteiger partial charge in [-0.2, -0.15) is 13.2 Å². The first-order valence-corrected chi connectivity index (χ1v) is 5.00. The fraction of sp³-hybridized carbons (Fsp3) is 0.364. The SMILES string of the molecule is CC.Cc1cnc2cccc(C(F)(F)F)n12. The molecule has 2 heterocycles. The Morgan fingerprint density at radius 1 is 1.19 bits per heavy atom. The van der Waals surface area contributed by atoms with Gasteiger partial charge in [-0.25, -0.2) is 4.98 Å². The number of aromatic nitrogens is 2. The first kappa shape index (κ1) is 12.5. The minimum absolute atomic E-state index is 0.317. The molecule has 0 fully saturated rings. The molecule has 88 valence electrons. The molecule has 0 aliphatic carbocycles. The van der Waals surface area contributed by atoms with E-state index in [1.165, 1.54) is 12.3 Å². The molecule has 0 atom stereocenters. The third-order valence-corrected chi connectivity index (χ3v) is 2.00. The quantitative estimate of drug-likeness (QED) is 0.674. The van der Waals surface area contributed by atoms with Gasteiger partial charge >= 0.3 is 6.18 Å². The van der Waals surface area contributed by atoms with Crippen LogP contribution in [0.4, 0.5) is 13.2 Å². The Labute approximate surface area is 91.7 Å². The van der Waals surface area contributed by atoms with Crippen LogP contribution < -0.4 is 0 Å². The van der Waals surface area contributed by atoms with Gasteiger partial charge in [0.1, 0.15) is 11.3 Å². The van der Waals surface area contributed by atoms with Crippen LogP contribution in [-0.2, 0) is 6.18 Å². The second-order valence-electron chi connectivity index (χ2n) is 3.00. The highest BCUT2D eigenvalue weighted by atomic mass is 19.4. The zero-order valence-corrected chi connectivity index (χ0v) is 9.34. The Morgan fingerprint density at radius 3 is 2.38 bits per heavy atom. The summed E-state index contributed by atoms with van der Waals surface area (Å²) in [6, 6.07) is 3.94. The van der Waals surface area contributed by atoms with E-state index in [1.807, 2.05) is 13.8 Å². The summed E-state index contributed by atoms with van der Waals surface area (Å²) in [6.45, 7) is 5.59. The van der Waals surface area contributed by atoms with Crippen molar-refractivity contribution < 1.29 is 13.2 Å². The number of nitrogens with zero attached hydrogens (tertiary/aromatic N) is 2. The predicted octanol–water partition coefficient (Wildman–Crippen LogP) is 3.69. The molecular weight excluding hydrogens is 217 g/mol. The molecule has 0 saturated heterocycles. The Balaban J connectivity index is 0.000000606. The van der Waals surface area contributed by atoms with Crippen LogP contribution in [-0.4, -0.2) is 9.38 Å². The molecule has 0 aliphatic rings. The number of aryl methyl sites for hydroxylation is 1. The molecule has 0 aromatic carbocycles. The molecule has 2 aromatic rings. The molecular formula is C11H13F3N2. The molecule has 0 unspecified atom stereocenters. The number of halogens is 3. The van der Waals surface area contributed by atoms with Gasteiger partial charge in [0, 0.05) is 11.9 Å². The Hall–Kier alpha value is -1.52. The standard InChI is InChI=1S/C9H7F3N2.C2H6/c1-6-5-13-8-4-2-3-7(14(6)8)9(10,11)12;1-2/h2-5H,1H3;1-2H3. The van der Waals surface area contributed by atoms with Gasteiger partial charge in [-0.3, -0.25) is 4.40 Å². The van der Waals surface area contributed by atoms with E-state index in [0.29, 0.717) is 11.3 Å². The molecule has 2 rings (SSSR count). The molecule has 0 bridgehead atoms. The third kappa shape index (κ3) is 2.18. The molecule has 0 saturated carbocycles. The lowest BCUT2D eigenvalue weighted by Gasteiger charge is -2.09. The number of alkyl halides is 3. The van der Waals surface area contributed by atoms with Crippen LogP contribution in [0.2, 0.25) is 0 Å². The first-order valence-electron chi connectivity index (χ1n) is 5.00. The minimum Gasteiger partial charge on any atom is -0.293 e. The highest BCUT2D eigenvalue weighted by Crippen LogP contribution is 2.30. The molecule has 16 heavy (non-hydrogen) atoms. The molecule has 0 amide bonds. The fourth-order valence-electron chi connectivity index (χ4n) is 1.41. The van der Waals surface area contributed by atoms with Crippen LogP contribution in [0.3, 0.4) is 0 Å². The monoisotopic (exact) mass is 230 g/mol. The fourth-order valence-corrected chi connectivity index (χ4v) is 1.41. The average molecular weight is 230 g/mol. The van der Waals surface area contributed by atoms with Crippen molar-refractivity contribution in [1.82, 2.24) is 9.38 Å². The molecule has 0 aliphatic heterocycles. The Kier molecular flexibility index (Phi) is 3.57. The second-order valence-corrected chi connectivity index (χ2v) is 3.00. The van der Waals surface area contributed by atoms with Gasteiger partial charge in [0.15, 0.2) is 0 Å². The molecule has 0 N–H and O–H groups in total. The maximum Gasteiger partial charge on any atom is 0.431 e. The van der Waals surface area contributed by atoms with Crippen LogP contribution in [0.1, 0.15) is 25.2 Å². The van der Waals surface area contributed by atoms with Crippen LogP contribution in [0.5, 0.6) is 0 Å². The predicted molar refractivity (Wildman–Crippen MR) is 56.3 cm³/mol. The summed E-state index contributed by atoms with van der Waals surface area (Å²) >= 11 is 0. The van der Waals surface area contributed by atoms with Crippen molar-refractivity contribution >= 4 is 5.65 Å². The normalized spacial score (nSPS) is 11.1. The van der Waals surface area contributed by atoms with E-state index in [0.717, 1.165) is 10.5 Å². The zero-order valence-electron chi connectivity index (χ0n) is 9.34. The summed E-state index contributed by atoms with van der Waals surface area (Å²) in [4.78, 5) is 3.86. The van der Waals surface area contributed by atoms with Crippen molar-refractivity contribution in [2.24, 2.45) is 0 Å². The van der Waals surface area contributed by atoms with E-state index in [2.05, 4.69) is 4.98 Å². The second kappa shape index (κ2) is 4.55. The average Bonchev–Trinajstić information content (AvgIpc) is 2.62. The summed E-state index contributed by atoms with van der Waals surface area (Å²) in [7, 11) is 0. The number of rotatable bonds is 0. The molecule has 2 nitrogen and oxygen atoms in total. The number of imidazole rings is 1. The van der Waals surface area contributed by atoms with Crippen LogP contribution >= 0.6 is 0 Å². The number of pyridine rings is 1. The number of hydrogen-bond donors (Lipinski definition) is 0. The van der Waals surface area contributed by atoms with E-state index in [9.17, 15) is 13.2 Å². The largest absolute Gasteiger partial charge is 0.431 e. The molecule has 0 radical (unpaired) electrons. The van der Waals surface area contributed by atoms with Crippen molar-refractivity contribution in [3.8, 4) is 0 Å². The summed E-state index contributed by atoms with van der Waals surface area (Å²) in [5.74, 6) is 0. The van der Waals surface area contributed by atoms with Crippen LogP contribution in [0, 0.1) is 6.92 Å². The van der Waals surface area contributed by atoms with E-state index >= 15 is 0 Å². The maximum atomic E-state index is 12.5. The first-order chi connectivity index (χ1) is 7.50. The van der Waals surface area contributed by atoms with E-state index in [1.54, 1.807) is 13.0 Å². The van der Waals surface area contributed by atoms with Gasteiger partial charge in [0.2, 0.25) is 0 Å². The Morgan fingerprint density at radius 2 is 1.81 bits per heavy atom. The van der Waals surface area contributed by atoms with Gasteiger partial charge in [-0.1, -0.05) is 19.9 Å². The number of fused-ring (bicyclic) bond motifs is 1. The van der Waals surface area contributed by atoms with Gasteiger partial charge < -0.3 is 0 Å². The van der Waals surface area contributed by atoms with Crippen molar-refractivity contribution in [1.29, 1.82) is 0 Å². The van der Waals surface area contributed by atoms with E-state index in [-0.39, 0.29) is 0 Å². The van der Waals surface area contributed by atoms with Crippen LogP contribution in [0.15, 0.2) is 24.4 Å². The van der Waals surface area contributed by atoms with Gasteiger partial charge in [0.25, 0.3) is 0 Å². The summed E-state index contributed by atoms with van der Waals surface area (Å²) in [6.07, 6.45) is -2.92. The molecule has 5 heteroatoms. The lowest BCUT2D eigenvalue weighted by Crippen LogP contribution is -2.11. The van der Waals surface area contributed by atoms with Gasteiger partial charge in [0.05, 0.1) is 0 Å².